The number of nitrogens with one attached hydrogen (secondary N) is 2. The number of thiocarbonyl (C=S) groups is 1. The molecule has 2 rings (SSSR count). The van der Waals surface area contributed by atoms with Gasteiger partial charge in [-0.2, -0.15) is 0 Å². The lowest BCUT2D eigenvalue weighted by molar-refractivity contribution is -0.883. The minimum Gasteiger partial charge on any atom is -0.338 e. The van der Waals surface area contributed by atoms with Gasteiger partial charge in [0.25, 0.3) is 5.91 Å². The van der Waals surface area contributed by atoms with Gasteiger partial charge in [-0.25, -0.2) is 0 Å². The van der Waals surface area contributed by atoms with Gasteiger partial charge in [0.05, 0.1) is 38.8 Å². The Morgan fingerprint density at radius 1 is 1.37 bits per heavy atom. The molecule has 0 radical (unpaired) electrons. The molecule has 1 aliphatic rings. The fourth-order valence-corrected chi connectivity index (χ4v) is 2.89. The smallest absolute Gasteiger partial charge is 0.258 e. The van der Waals surface area contributed by atoms with Crippen molar-refractivity contribution >= 4 is 45.8 Å². The van der Waals surface area contributed by atoms with E-state index in [9.17, 15) is 4.79 Å². The largest absolute Gasteiger partial charge is 0.338 e. The van der Waals surface area contributed by atoms with Crippen LogP contribution in [0.3, 0.4) is 0 Å². The van der Waals surface area contributed by atoms with Crippen LogP contribution in [0.5, 0.6) is 0 Å². The molecule has 4 nitrogen and oxygen atoms in total. The number of benzene rings is 1. The molecule has 0 spiro atoms. The van der Waals surface area contributed by atoms with E-state index in [4.69, 9.17) is 12.2 Å². The molecule has 0 unspecified atom stereocenters. The van der Waals surface area contributed by atoms with Crippen molar-refractivity contribution in [1.29, 1.82) is 0 Å². The van der Waals surface area contributed by atoms with Crippen molar-refractivity contribution < 1.29 is 9.69 Å². The second-order valence-electron chi connectivity index (χ2n) is 4.68. The van der Waals surface area contributed by atoms with Crippen molar-refractivity contribution in [2.75, 3.05) is 33.2 Å². The molecule has 1 aromatic carbocycles. The van der Waals surface area contributed by atoms with Crippen molar-refractivity contribution in [3.05, 3.63) is 33.4 Å². The molecule has 102 valence electrons. The lowest BCUT2D eigenvalue weighted by Crippen LogP contribution is -3.12. The normalized spacial score (nSPS) is 16.2. The van der Waals surface area contributed by atoms with Crippen molar-refractivity contribution in [2.45, 2.75) is 0 Å². The molecule has 1 amide bonds. The number of halogens is 1. The van der Waals surface area contributed by atoms with Crippen LogP contribution in [-0.4, -0.2) is 49.1 Å². The molecule has 0 saturated carbocycles. The molecule has 1 heterocycles. The summed E-state index contributed by atoms with van der Waals surface area (Å²) in [5, 5.41) is 3.36. The summed E-state index contributed by atoms with van der Waals surface area (Å²) in [5.41, 5.74) is 0.671. The van der Waals surface area contributed by atoms with E-state index in [0.717, 1.165) is 29.7 Å². The van der Waals surface area contributed by atoms with Crippen LogP contribution in [0.15, 0.2) is 24.3 Å². The summed E-state index contributed by atoms with van der Waals surface area (Å²) in [4.78, 5) is 15.7. The average molecular weight is 390 g/mol. The Morgan fingerprint density at radius 2 is 2.00 bits per heavy atom. The third kappa shape index (κ3) is 3.87. The highest BCUT2D eigenvalue weighted by Gasteiger charge is 2.20. The van der Waals surface area contributed by atoms with Crippen LogP contribution >= 0.6 is 34.8 Å². The van der Waals surface area contributed by atoms with Gasteiger partial charge in [0, 0.05) is 3.57 Å². The molecule has 0 atom stereocenters. The number of amides is 1. The van der Waals surface area contributed by atoms with Gasteiger partial charge in [-0.15, -0.1) is 0 Å². The Hall–Kier alpha value is -0.730. The quantitative estimate of drug-likeness (QED) is 0.529. The first-order valence-corrected chi connectivity index (χ1v) is 7.72. The number of rotatable bonds is 1. The van der Waals surface area contributed by atoms with Gasteiger partial charge >= 0.3 is 0 Å². The topological polar surface area (TPSA) is 36.8 Å². The summed E-state index contributed by atoms with van der Waals surface area (Å²) in [6.07, 6.45) is 0. The first kappa shape index (κ1) is 14.7. The minimum absolute atomic E-state index is 0.124. The van der Waals surface area contributed by atoms with Gasteiger partial charge in [0.1, 0.15) is 0 Å². The molecule has 1 fully saturated rings. The zero-order chi connectivity index (χ0) is 13.8. The fourth-order valence-electron chi connectivity index (χ4n) is 1.98. The average Bonchev–Trinajstić information content (AvgIpc) is 2.39. The molecule has 6 heteroatoms. The summed E-state index contributed by atoms with van der Waals surface area (Å²) in [6.45, 7) is 3.91. The Bertz CT molecular complexity index is 487. The van der Waals surface area contributed by atoms with Crippen molar-refractivity contribution in [3.8, 4) is 0 Å². The van der Waals surface area contributed by atoms with Crippen LogP contribution in [0.2, 0.25) is 0 Å². The monoisotopic (exact) mass is 390 g/mol. The highest BCUT2D eigenvalue weighted by atomic mass is 127. The lowest BCUT2D eigenvalue weighted by atomic mass is 10.2. The SMILES string of the molecule is C[NH+]1CCN(C(=S)NC(=O)c2ccccc2I)CC1. The van der Waals surface area contributed by atoms with Crippen molar-refractivity contribution in [2.24, 2.45) is 0 Å². The predicted octanol–water partition coefficient (Wildman–Crippen LogP) is 0.136. The molecule has 0 bridgehead atoms. The zero-order valence-electron chi connectivity index (χ0n) is 10.8. The summed E-state index contributed by atoms with van der Waals surface area (Å²) in [7, 11) is 2.17. The molecule has 1 aromatic rings. The Kier molecular flexibility index (Phi) is 5.12. The van der Waals surface area contributed by atoms with Crippen LogP contribution in [0.1, 0.15) is 10.4 Å². The van der Waals surface area contributed by atoms with Crippen molar-refractivity contribution in [1.82, 2.24) is 10.2 Å². The van der Waals surface area contributed by atoms with E-state index in [2.05, 4.69) is 39.9 Å². The van der Waals surface area contributed by atoms with Crippen LogP contribution in [0, 0.1) is 3.57 Å². The van der Waals surface area contributed by atoms with E-state index in [1.165, 1.54) is 4.90 Å². The second-order valence-corrected chi connectivity index (χ2v) is 6.23. The third-order valence-corrected chi connectivity index (χ3v) is 4.54. The highest BCUT2D eigenvalue weighted by Crippen LogP contribution is 2.11. The number of hydrogen-bond acceptors (Lipinski definition) is 2. The Balaban J connectivity index is 1.96. The molecule has 0 aliphatic carbocycles. The summed E-state index contributed by atoms with van der Waals surface area (Å²) < 4.78 is 0.934. The van der Waals surface area contributed by atoms with Gasteiger partial charge in [0.15, 0.2) is 5.11 Å². The summed E-state index contributed by atoms with van der Waals surface area (Å²) >= 11 is 7.47. The molecule has 0 aromatic heterocycles. The van der Waals surface area contributed by atoms with Crippen LogP contribution in [-0.2, 0) is 0 Å². The summed E-state index contributed by atoms with van der Waals surface area (Å²) in [6, 6.07) is 7.51. The molecular formula is C13H17IN3OS+. The van der Waals surface area contributed by atoms with Gasteiger partial charge in [0.2, 0.25) is 0 Å². The molecule has 1 saturated heterocycles. The Labute approximate surface area is 132 Å². The van der Waals surface area contributed by atoms with Crippen LogP contribution in [0.25, 0.3) is 0 Å². The highest BCUT2D eigenvalue weighted by molar-refractivity contribution is 14.1. The number of nitrogens with zero attached hydrogens (tertiary/aromatic N) is 1. The van der Waals surface area contributed by atoms with Gasteiger partial charge in [-0.1, -0.05) is 12.1 Å². The summed E-state index contributed by atoms with van der Waals surface area (Å²) in [5.74, 6) is -0.124. The second kappa shape index (κ2) is 6.62. The predicted molar refractivity (Wildman–Crippen MR) is 87.4 cm³/mol. The Morgan fingerprint density at radius 3 is 2.63 bits per heavy atom. The number of carbonyl (C=O) groups excluding carboxylic acids is 1. The number of likely N-dealkylation sites (N-methyl/N-ethyl adjacent to an activating group) is 1. The van der Waals surface area contributed by atoms with Crippen LogP contribution < -0.4 is 10.2 Å². The van der Waals surface area contributed by atoms with Crippen LogP contribution in [0.4, 0.5) is 0 Å². The first-order valence-electron chi connectivity index (χ1n) is 6.24. The maximum Gasteiger partial charge on any atom is 0.258 e. The zero-order valence-corrected chi connectivity index (χ0v) is 13.8. The number of quaternary nitrogens is 1. The van der Waals surface area contributed by atoms with E-state index < -0.39 is 0 Å². The van der Waals surface area contributed by atoms with E-state index in [0.29, 0.717) is 10.7 Å². The molecule has 2 N–H and O–H groups in total. The van der Waals surface area contributed by atoms with Gasteiger partial charge in [-0.05, 0) is 46.9 Å². The lowest BCUT2D eigenvalue weighted by Gasteiger charge is -2.31. The molecule has 1 aliphatic heterocycles. The van der Waals surface area contributed by atoms with Gasteiger partial charge in [-0.3, -0.25) is 10.1 Å². The number of hydrogen-bond donors (Lipinski definition) is 2. The van der Waals surface area contributed by atoms with Gasteiger partial charge < -0.3 is 9.80 Å². The van der Waals surface area contributed by atoms with E-state index in [1.807, 2.05) is 24.3 Å². The first-order chi connectivity index (χ1) is 9.08. The maximum atomic E-state index is 12.1. The number of piperazine rings is 1. The number of carbonyl (C=O) groups is 1. The van der Waals surface area contributed by atoms with Crippen molar-refractivity contribution in [3.63, 3.8) is 0 Å². The molecular weight excluding hydrogens is 373 g/mol. The maximum absolute atomic E-state index is 12.1. The van der Waals surface area contributed by atoms with E-state index >= 15 is 0 Å². The standard InChI is InChI=1S/C13H16IN3OS/c1-16-6-8-17(9-7-16)13(19)15-12(18)10-4-2-3-5-11(10)14/h2-5H,6-9H2,1H3,(H,15,18,19)/p+1. The minimum atomic E-state index is -0.124. The third-order valence-electron chi connectivity index (χ3n) is 3.24. The fraction of sp³-hybridized carbons (Fsp3) is 0.385. The van der Waals surface area contributed by atoms with E-state index in [-0.39, 0.29) is 5.91 Å². The molecule has 19 heavy (non-hydrogen) atoms. The van der Waals surface area contributed by atoms with E-state index in [1.54, 1.807) is 0 Å².